The van der Waals surface area contributed by atoms with Crippen molar-refractivity contribution < 1.29 is 13.2 Å². The van der Waals surface area contributed by atoms with Crippen molar-refractivity contribution in [1.29, 1.82) is 0 Å². The minimum atomic E-state index is -2.82. The molecule has 0 unspecified atom stereocenters. The molecular weight excluding hydrogens is 364 g/mol. The van der Waals surface area contributed by atoms with E-state index in [4.69, 9.17) is 9.72 Å². The molecule has 0 saturated carbocycles. The smallest absolute Gasteiger partial charge is 0.152 e. The van der Waals surface area contributed by atoms with E-state index in [9.17, 15) is 8.42 Å². The quantitative estimate of drug-likeness (QED) is 0.765. The van der Waals surface area contributed by atoms with Crippen LogP contribution in [0.15, 0.2) is 6.07 Å². The van der Waals surface area contributed by atoms with Gasteiger partial charge in [0.2, 0.25) is 0 Å². The van der Waals surface area contributed by atoms with Crippen molar-refractivity contribution in [3.8, 4) is 0 Å². The second kappa shape index (κ2) is 8.01. The Hall–Kier alpha value is -1.25. The summed E-state index contributed by atoms with van der Waals surface area (Å²) >= 11 is 0. The van der Waals surface area contributed by atoms with Crippen molar-refractivity contribution in [2.75, 3.05) is 49.7 Å². The first-order chi connectivity index (χ1) is 12.7. The topological polar surface area (TPSA) is 75.6 Å². The molecular formula is C19H32N4O3S. The Balaban J connectivity index is 1.67. The predicted octanol–water partition coefficient (Wildman–Crippen LogP) is 1.62. The van der Waals surface area contributed by atoms with Gasteiger partial charge in [-0.1, -0.05) is 20.8 Å². The van der Waals surface area contributed by atoms with E-state index in [1.807, 2.05) is 6.07 Å². The molecule has 0 bridgehead atoms. The summed E-state index contributed by atoms with van der Waals surface area (Å²) < 4.78 is 28.6. The van der Waals surface area contributed by atoms with Crippen LogP contribution in [0, 0.1) is 0 Å². The third kappa shape index (κ3) is 5.18. The fourth-order valence-corrected chi connectivity index (χ4v) is 4.98. The van der Waals surface area contributed by atoms with Crippen LogP contribution < -0.4 is 4.90 Å². The van der Waals surface area contributed by atoms with Crippen LogP contribution in [0.1, 0.15) is 45.1 Å². The van der Waals surface area contributed by atoms with Crippen LogP contribution in [-0.4, -0.2) is 74.1 Å². The molecule has 152 valence electrons. The summed E-state index contributed by atoms with van der Waals surface area (Å²) in [4.78, 5) is 14.2. The Morgan fingerprint density at radius 1 is 1.11 bits per heavy atom. The van der Waals surface area contributed by atoms with Crippen LogP contribution in [0.3, 0.4) is 0 Å². The lowest BCUT2D eigenvalue weighted by Gasteiger charge is -2.40. The largest absolute Gasteiger partial charge is 0.378 e. The summed E-state index contributed by atoms with van der Waals surface area (Å²) in [7, 11) is -1.13. The number of hydrogen-bond acceptors (Lipinski definition) is 7. The van der Waals surface area contributed by atoms with Crippen molar-refractivity contribution in [1.82, 2.24) is 14.9 Å². The van der Waals surface area contributed by atoms with Gasteiger partial charge >= 0.3 is 0 Å². The molecule has 2 aliphatic rings. The van der Waals surface area contributed by atoms with E-state index >= 15 is 0 Å². The second-order valence-corrected chi connectivity index (χ2v) is 10.9. The van der Waals surface area contributed by atoms with Gasteiger partial charge in [-0.3, -0.25) is 4.90 Å². The Morgan fingerprint density at radius 2 is 1.74 bits per heavy atom. The van der Waals surface area contributed by atoms with E-state index < -0.39 is 9.84 Å². The molecule has 7 nitrogen and oxygen atoms in total. The number of ether oxygens (including phenoxy) is 1. The minimum Gasteiger partial charge on any atom is -0.378 e. The van der Waals surface area contributed by atoms with Gasteiger partial charge in [-0.25, -0.2) is 18.4 Å². The van der Waals surface area contributed by atoms with E-state index in [0.29, 0.717) is 37.2 Å². The molecule has 0 amide bonds. The highest BCUT2D eigenvalue weighted by atomic mass is 32.2. The monoisotopic (exact) mass is 396 g/mol. The SMILES string of the molecule is COCc1cc(N2CCC(N3CCS(=O)(=O)CC3)CC2)nc(C(C)(C)C)n1. The molecule has 27 heavy (non-hydrogen) atoms. The lowest BCUT2D eigenvalue weighted by atomic mass is 9.95. The zero-order valence-corrected chi connectivity index (χ0v) is 17.8. The molecule has 8 heteroatoms. The van der Waals surface area contributed by atoms with Gasteiger partial charge < -0.3 is 9.64 Å². The van der Waals surface area contributed by atoms with E-state index in [2.05, 4.69) is 35.6 Å². The van der Waals surface area contributed by atoms with Crippen molar-refractivity contribution in [2.24, 2.45) is 0 Å². The van der Waals surface area contributed by atoms with Gasteiger partial charge in [0, 0.05) is 50.8 Å². The molecule has 3 heterocycles. The fourth-order valence-electron chi connectivity index (χ4n) is 3.75. The van der Waals surface area contributed by atoms with Crippen molar-refractivity contribution in [2.45, 2.75) is 51.7 Å². The molecule has 0 spiro atoms. The lowest BCUT2D eigenvalue weighted by molar-refractivity contribution is 0.180. The Morgan fingerprint density at radius 3 is 2.30 bits per heavy atom. The van der Waals surface area contributed by atoms with Crippen molar-refractivity contribution in [3.63, 3.8) is 0 Å². The molecule has 1 aromatic heterocycles. The minimum absolute atomic E-state index is 0.115. The summed E-state index contributed by atoms with van der Waals surface area (Å²) in [5.41, 5.74) is 0.798. The number of aromatic nitrogens is 2. The highest BCUT2D eigenvalue weighted by molar-refractivity contribution is 7.91. The molecule has 0 N–H and O–H groups in total. The molecule has 0 radical (unpaired) electrons. The molecule has 3 rings (SSSR count). The zero-order valence-electron chi connectivity index (χ0n) is 16.9. The maximum absolute atomic E-state index is 11.7. The third-order valence-electron chi connectivity index (χ3n) is 5.41. The summed E-state index contributed by atoms with van der Waals surface area (Å²) in [5, 5.41) is 0. The van der Waals surface area contributed by atoms with Gasteiger partial charge in [-0.2, -0.15) is 0 Å². The zero-order chi connectivity index (χ0) is 19.7. The predicted molar refractivity (Wildman–Crippen MR) is 107 cm³/mol. The highest BCUT2D eigenvalue weighted by Crippen LogP contribution is 2.26. The second-order valence-electron chi connectivity index (χ2n) is 8.63. The normalized spacial score (nSPS) is 22.1. The molecule has 0 atom stereocenters. The van der Waals surface area contributed by atoms with Gasteiger partial charge in [0.25, 0.3) is 0 Å². The summed E-state index contributed by atoms with van der Waals surface area (Å²) in [6.45, 7) is 10.1. The molecule has 2 fully saturated rings. The van der Waals surface area contributed by atoms with E-state index in [0.717, 1.165) is 43.3 Å². The average Bonchev–Trinajstić information content (AvgIpc) is 2.61. The van der Waals surface area contributed by atoms with Gasteiger partial charge in [0.05, 0.1) is 23.8 Å². The molecule has 1 aromatic rings. The van der Waals surface area contributed by atoms with Crippen molar-refractivity contribution >= 4 is 15.7 Å². The van der Waals surface area contributed by atoms with Crippen LogP contribution in [0.5, 0.6) is 0 Å². The van der Waals surface area contributed by atoms with Crippen LogP contribution in [0.25, 0.3) is 0 Å². The summed E-state index contributed by atoms with van der Waals surface area (Å²) in [5.74, 6) is 2.42. The number of anilines is 1. The number of methoxy groups -OCH3 is 1. The van der Waals surface area contributed by atoms with Crippen LogP contribution in [0.2, 0.25) is 0 Å². The molecule has 2 saturated heterocycles. The fraction of sp³-hybridized carbons (Fsp3) is 0.789. The number of sulfone groups is 1. The van der Waals surface area contributed by atoms with Gasteiger partial charge in [-0.15, -0.1) is 0 Å². The number of rotatable bonds is 4. The van der Waals surface area contributed by atoms with E-state index in [-0.39, 0.29) is 5.41 Å². The van der Waals surface area contributed by atoms with Crippen LogP contribution in [-0.2, 0) is 26.6 Å². The first-order valence-electron chi connectivity index (χ1n) is 9.75. The number of piperidine rings is 1. The maximum atomic E-state index is 11.7. The van der Waals surface area contributed by atoms with Gasteiger partial charge in [0.1, 0.15) is 11.6 Å². The average molecular weight is 397 g/mol. The van der Waals surface area contributed by atoms with Crippen LogP contribution in [0.4, 0.5) is 5.82 Å². The summed E-state index contributed by atoms with van der Waals surface area (Å²) in [6.07, 6.45) is 2.07. The first kappa shape index (κ1) is 20.5. The van der Waals surface area contributed by atoms with Crippen molar-refractivity contribution in [3.05, 3.63) is 17.6 Å². The third-order valence-corrected chi connectivity index (χ3v) is 7.02. The molecule has 0 aliphatic carbocycles. The summed E-state index contributed by atoms with van der Waals surface area (Å²) in [6, 6.07) is 2.51. The van der Waals surface area contributed by atoms with E-state index in [1.54, 1.807) is 7.11 Å². The number of nitrogens with zero attached hydrogens (tertiary/aromatic N) is 4. The molecule has 0 aromatic carbocycles. The van der Waals surface area contributed by atoms with Gasteiger partial charge in [0.15, 0.2) is 9.84 Å². The Bertz CT molecular complexity index is 739. The Kier molecular flexibility index (Phi) is 6.08. The first-order valence-corrected chi connectivity index (χ1v) is 11.6. The molecule has 2 aliphatic heterocycles. The highest BCUT2D eigenvalue weighted by Gasteiger charge is 2.30. The van der Waals surface area contributed by atoms with E-state index in [1.165, 1.54) is 0 Å². The van der Waals surface area contributed by atoms with Crippen LogP contribution >= 0.6 is 0 Å². The lowest BCUT2D eigenvalue weighted by Crippen LogP contribution is -2.50. The number of hydrogen-bond donors (Lipinski definition) is 0. The standard InChI is InChI=1S/C19H32N4O3S/c1-19(2,3)18-20-15(14-26-4)13-17(21-18)23-7-5-16(6-8-23)22-9-11-27(24,25)12-10-22/h13,16H,5-12,14H2,1-4H3. The Labute approximate surface area is 163 Å². The maximum Gasteiger partial charge on any atom is 0.152 e. The van der Waals surface area contributed by atoms with Gasteiger partial charge in [-0.05, 0) is 12.8 Å².